The number of benzene rings is 1. The van der Waals surface area contributed by atoms with Gasteiger partial charge in [0.05, 0.1) is 17.8 Å². The van der Waals surface area contributed by atoms with Crippen LogP contribution in [-0.4, -0.2) is 74.2 Å². The first-order valence-corrected chi connectivity index (χ1v) is 13.9. The third kappa shape index (κ3) is 6.51. The molecule has 0 aliphatic carbocycles. The molecular weight excluding hydrogens is 526 g/mol. The van der Waals surface area contributed by atoms with Crippen molar-refractivity contribution in [2.75, 3.05) is 31.5 Å². The maximum atomic E-state index is 15.0. The van der Waals surface area contributed by atoms with Gasteiger partial charge in [-0.2, -0.15) is 0 Å². The molecule has 1 aliphatic heterocycles. The molecule has 1 aromatic carbocycles. The Labute approximate surface area is 239 Å². The average molecular weight is 565 g/mol. The topological polar surface area (TPSA) is 91.5 Å². The Morgan fingerprint density at radius 2 is 1.90 bits per heavy atom. The van der Waals surface area contributed by atoms with Gasteiger partial charge in [-0.3, -0.25) is 4.79 Å². The number of hydrogen-bond donors (Lipinski definition) is 1. The third-order valence-corrected chi connectivity index (χ3v) is 7.57. The van der Waals surface area contributed by atoms with Crippen molar-refractivity contribution in [3.05, 3.63) is 59.3 Å². The molecule has 218 valence electrons. The minimum atomic E-state index is -0.688. The van der Waals surface area contributed by atoms with Crippen LogP contribution in [0.5, 0.6) is 0 Å². The highest BCUT2D eigenvalue weighted by Gasteiger charge is 2.25. The van der Waals surface area contributed by atoms with Gasteiger partial charge in [-0.1, -0.05) is 18.6 Å². The maximum absolute atomic E-state index is 15.0. The van der Waals surface area contributed by atoms with Gasteiger partial charge in [-0.05, 0) is 66.1 Å². The lowest BCUT2D eigenvalue weighted by Gasteiger charge is -2.29. The van der Waals surface area contributed by atoms with Crippen LogP contribution in [0, 0.1) is 18.6 Å². The average Bonchev–Trinajstić information content (AvgIpc) is 3.17. The maximum Gasteiger partial charge on any atom is 0.229 e. The Hall–Kier alpha value is -3.99. The summed E-state index contributed by atoms with van der Waals surface area (Å²) in [6.45, 7) is 18.7. The summed E-state index contributed by atoms with van der Waals surface area (Å²) in [6, 6.07) is 2.86. The minimum Gasteiger partial charge on any atom is -0.335 e. The van der Waals surface area contributed by atoms with Crippen molar-refractivity contribution in [3.63, 3.8) is 0 Å². The molecule has 0 spiro atoms. The quantitative estimate of drug-likeness (QED) is 0.273. The molecule has 1 atom stereocenters. The summed E-state index contributed by atoms with van der Waals surface area (Å²) in [5.41, 5.74) is 1.98. The van der Waals surface area contributed by atoms with Crippen molar-refractivity contribution >= 4 is 29.6 Å². The van der Waals surface area contributed by atoms with Gasteiger partial charge in [0.2, 0.25) is 11.9 Å². The fourth-order valence-electron chi connectivity index (χ4n) is 5.14. The molecule has 4 rings (SSSR count). The fraction of sp³-hybridized carbons (Fsp3) is 0.433. The van der Waals surface area contributed by atoms with E-state index in [0.29, 0.717) is 30.1 Å². The monoisotopic (exact) mass is 564 g/mol. The number of hydrogen-bond acceptors (Lipinski definition) is 7. The van der Waals surface area contributed by atoms with E-state index in [-0.39, 0.29) is 40.7 Å². The van der Waals surface area contributed by atoms with Crippen LogP contribution >= 0.6 is 0 Å². The van der Waals surface area contributed by atoms with E-state index in [9.17, 15) is 9.18 Å². The van der Waals surface area contributed by atoms with Gasteiger partial charge in [0, 0.05) is 37.7 Å². The SMILES string of the molecule is C=N/C(=C\C=C(/C)[C@@H](C)N1CCN(CC)CCC1=O)Nc1ncc(F)c(-c2cc(F)c3nc(C)n(C(C)C)c3c2)n1. The first-order valence-electron chi connectivity index (χ1n) is 13.9. The van der Waals surface area contributed by atoms with Crippen molar-refractivity contribution in [1.29, 1.82) is 0 Å². The second-order valence-corrected chi connectivity index (χ2v) is 10.5. The second kappa shape index (κ2) is 12.7. The molecule has 3 aromatic rings. The summed E-state index contributed by atoms with van der Waals surface area (Å²) in [4.78, 5) is 33.6. The number of anilines is 1. The second-order valence-electron chi connectivity index (χ2n) is 10.5. The lowest BCUT2D eigenvalue weighted by atomic mass is 10.1. The lowest BCUT2D eigenvalue weighted by Crippen LogP contribution is -2.40. The van der Waals surface area contributed by atoms with E-state index < -0.39 is 11.6 Å². The van der Waals surface area contributed by atoms with Gasteiger partial charge in [-0.15, -0.1) is 0 Å². The van der Waals surface area contributed by atoms with Crippen LogP contribution in [0.25, 0.3) is 22.3 Å². The van der Waals surface area contributed by atoms with Crippen LogP contribution < -0.4 is 5.32 Å². The fourth-order valence-corrected chi connectivity index (χ4v) is 5.14. The molecule has 1 aliphatic rings. The number of likely N-dealkylation sites (N-methyl/N-ethyl adjacent to an activating group) is 1. The molecule has 0 bridgehead atoms. The smallest absolute Gasteiger partial charge is 0.229 e. The Morgan fingerprint density at radius 3 is 2.59 bits per heavy atom. The number of imidazole rings is 1. The van der Waals surface area contributed by atoms with Crippen LogP contribution in [0.2, 0.25) is 0 Å². The summed E-state index contributed by atoms with van der Waals surface area (Å²) in [5.74, 6) is -0.0184. The number of nitrogens with zero attached hydrogens (tertiary/aromatic N) is 7. The molecule has 0 saturated carbocycles. The number of amides is 1. The number of carbonyl (C=O) groups is 1. The van der Waals surface area contributed by atoms with E-state index in [1.165, 1.54) is 6.07 Å². The largest absolute Gasteiger partial charge is 0.335 e. The Balaban J connectivity index is 1.58. The molecule has 0 radical (unpaired) electrons. The number of halogens is 2. The van der Waals surface area contributed by atoms with Crippen molar-refractivity contribution in [2.45, 2.75) is 60.0 Å². The number of aryl methyl sites for hydroxylation is 1. The molecule has 1 amide bonds. The third-order valence-electron chi connectivity index (χ3n) is 7.57. The van der Waals surface area contributed by atoms with Gasteiger partial charge in [-0.25, -0.2) is 28.7 Å². The number of aromatic nitrogens is 4. The highest BCUT2D eigenvalue weighted by molar-refractivity contribution is 5.83. The summed E-state index contributed by atoms with van der Waals surface area (Å²) < 4.78 is 31.8. The van der Waals surface area contributed by atoms with E-state index in [0.717, 1.165) is 31.4 Å². The number of fused-ring (bicyclic) bond motifs is 1. The number of nitrogens with one attached hydrogen (secondary N) is 1. The number of rotatable bonds is 9. The van der Waals surface area contributed by atoms with Gasteiger partial charge < -0.3 is 19.7 Å². The molecule has 2 aromatic heterocycles. The molecule has 1 saturated heterocycles. The molecule has 3 heterocycles. The molecular formula is C30H38F2N8O. The zero-order valence-corrected chi connectivity index (χ0v) is 24.6. The normalized spacial score (nSPS) is 16.4. The lowest BCUT2D eigenvalue weighted by molar-refractivity contribution is -0.131. The zero-order valence-electron chi connectivity index (χ0n) is 24.6. The number of carbonyl (C=O) groups excluding carboxylic acids is 1. The van der Waals surface area contributed by atoms with Crippen LogP contribution in [0.1, 0.15) is 52.9 Å². The Morgan fingerprint density at radius 1 is 1.15 bits per heavy atom. The van der Waals surface area contributed by atoms with Crippen molar-refractivity contribution in [2.24, 2.45) is 4.99 Å². The number of aliphatic imine (C=N–C) groups is 1. The van der Waals surface area contributed by atoms with Crippen LogP contribution in [-0.2, 0) is 4.79 Å². The summed E-state index contributed by atoms with van der Waals surface area (Å²) in [7, 11) is 0. The Bertz CT molecular complexity index is 1510. The van der Waals surface area contributed by atoms with Crippen molar-refractivity contribution in [1.82, 2.24) is 29.3 Å². The van der Waals surface area contributed by atoms with E-state index in [1.807, 2.05) is 50.2 Å². The van der Waals surface area contributed by atoms with Crippen molar-refractivity contribution in [3.8, 4) is 11.3 Å². The van der Waals surface area contributed by atoms with E-state index >= 15 is 4.39 Å². The summed E-state index contributed by atoms with van der Waals surface area (Å²) in [6.07, 6.45) is 5.11. The standard InChI is InChI=1S/C30H38F2N8O/c1-8-38-12-11-27(41)39(14-13-38)20(5)19(4)9-10-26(33-7)36-30-34-17-24(32)28(37-30)22-15-23(31)29-25(16-22)40(18(2)3)21(6)35-29/h9-10,15-18,20H,7-8,11-14H2,1-6H3,(H,34,36,37)/b19-9+,26-10+/t20-/m1/s1. The van der Waals surface area contributed by atoms with Gasteiger partial charge in [0.1, 0.15) is 22.9 Å². The van der Waals surface area contributed by atoms with E-state index in [2.05, 4.69) is 43.8 Å². The summed E-state index contributed by atoms with van der Waals surface area (Å²) in [5, 5.41) is 2.96. The highest BCUT2D eigenvalue weighted by Crippen LogP contribution is 2.30. The molecule has 1 N–H and O–H groups in total. The molecule has 1 fully saturated rings. The van der Waals surface area contributed by atoms with Crippen LogP contribution in [0.3, 0.4) is 0 Å². The van der Waals surface area contributed by atoms with Crippen LogP contribution in [0.15, 0.2) is 46.9 Å². The predicted molar refractivity (Wildman–Crippen MR) is 159 cm³/mol. The van der Waals surface area contributed by atoms with Gasteiger partial charge in [0.25, 0.3) is 0 Å². The molecule has 11 heteroatoms. The van der Waals surface area contributed by atoms with Crippen LogP contribution in [0.4, 0.5) is 14.7 Å². The van der Waals surface area contributed by atoms with Gasteiger partial charge in [0.15, 0.2) is 11.6 Å². The number of allylic oxidation sites excluding steroid dienone is 2. The summed E-state index contributed by atoms with van der Waals surface area (Å²) >= 11 is 0. The first-order chi connectivity index (χ1) is 19.5. The zero-order chi connectivity index (χ0) is 29.8. The Kier molecular flexibility index (Phi) is 9.27. The molecule has 0 unspecified atom stereocenters. The minimum absolute atomic E-state index is 0.0382. The first kappa shape index (κ1) is 30.0. The molecule has 41 heavy (non-hydrogen) atoms. The highest BCUT2D eigenvalue weighted by atomic mass is 19.1. The van der Waals surface area contributed by atoms with Crippen molar-refractivity contribution < 1.29 is 13.6 Å². The van der Waals surface area contributed by atoms with E-state index in [1.54, 1.807) is 12.1 Å². The molecule has 9 nitrogen and oxygen atoms in total. The van der Waals surface area contributed by atoms with E-state index in [4.69, 9.17) is 0 Å². The van der Waals surface area contributed by atoms with Gasteiger partial charge >= 0.3 is 0 Å². The predicted octanol–water partition coefficient (Wildman–Crippen LogP) is 5.50.